The lowest BCUT2D eigenvalue weighted by atomic mass is 9.81. The standard InChI is InChI=1S/C30H49N3O5S/c1-19(2)32(9)22-11-12-25(21(16-22)18-39(37,38)30(6,7)8)33-15-14-24(28(33)36)31-27(35)20-10-13-26(34)23(17-20)29(3,4)5/h10,13,17,19,21-22,24-25,34H,11-12,14-16,18H2,1-9H3,(H,31,35)/t21-,22+,24-,25-/m0/s1. The molecule has 3 rings (SSSR count). The van der Waals surface area contributed by atoms with E-state index in [1.165, 1.54) is 6.07 Å². The Labute approximate surface area is 235 Å². The molecule has 2 N–H and O–H groups in total. The maximum atomic E-state index is 13.6. The van der Waals surface area contributed by atoms with Crippen molar-refractivity contribution in [2.24, 2.45) is 5.92 Å². The van der Waals surface area contributed by atoms with Crippen LogP contribution in [0.3, 0.4) is 0 Å². The molecule has 0 spiro atoms. The lowest BCUT2D eigenvalue weighted by molar-refractivity contribution is -0.133. The smallest absolute Gasteiger partial charge is 0.251 e. The van der Waals surface area contributed by atoms with Gasteiger partial charge in [-0.15, -0.1) is 0 Å². The van der Waals surface area contributed by atoms with E-state index in [1.807, 2.05) is 25.7 Å². The summed E-state index contributed by atoms with van der Waals surface area (Å²) in [5.74, 6) is -0.476. The maximum Gasteiger partial charge on any atom is 0.251 e. The van der Waals surface area contributed by atoms with Crippen LogP contribution in [0.25, 0.3) is 0 Å². The van der Waals surface area contributed by atoms with Crippen LogP contribution >= 0.6 is 0 Å². The predicted octanol–water partition coefficient (Wildman–Crippen LogP) is 4.11. The summed E-state index contributed by atoms with van der Waals surface area (Å²) in [6.07, 6.45) is 2.85. The summed E-state index contributed by atoms with van der Waals surface area (Å²) < 4.78 is 25.7. The number of carbonyl (C=O) groups excluding carboxylic acids is 2. The first-order chi connectivity index (χ1) is 17.8. The molecule has 1 heterocycles. The zero-order chi connectivity index (χ0) is 29.5. The van der Waals surface area contributed by atoms with Crippen LogP contribution in [0, 0.1) is 5.92 Å². The fourth-order valence-electron chi connectivity index (χ4n) is 5.82. The summed E-state index contributed by atoms with van der Waals surface area (Å²) in [6.45, 7) is 15.9. The number of benzene rings is 1. The molecule has 2 amide bonds. The van der Waals surface area contributed by atoms with Crippen molar-refractivity contribution in [3.05, 3.63) is 29.3 Å². The number of nitrogens with zero attached hydrogens (tertiary/aromatic N) is 2. The molecule has 1 aliphatic heterocycles. The lowest BCUT2D eigenvalue weighted by Gasteiger charge is -2.45. The molecule has 2 fully saturated rings. The molecule has 1 saturated carbocycles. The first kappa shape index (κ1) is 31.4. The molecule has 39 heavy (non-hydrogen) atoms. The number of phenols is 1. The van der Waals surface area contributed by atoms with Crippen molar-refractivity contribution in [3.8, 4) is 5.75 Å². The Bertz CT molecular complexity index is 1170. The second-order valence-corrected chi connectivity index (χ2v) is 16.6. The van der Waals surface area contributed by atoms with Crippen LogP contribution in [-0.4, -0.2) is 83.4 Å². The number of phenolic OH excluding ortho intramolecular Hbond substituents is 1. The van der Waals surface area contributed by atoms with E-state index in [1.54, 1.807) is 32.9 Å². The number of likely N-dealkylation sites (tertiary alicyclic amines) is 1. The minimum Gasteiger partial charge on any atom is -0.508 e. The average Bonchev–Trinajstić information content (AvgIpc) is 3.16. The highest BCUT2D eigenvalue weighted by atomic mass is 32.2. The van der Waals surface area contributed by atoms with Crippen molar-refractivity contribution in [1.82, 2.24) is 15.1 Å². The van der Waals surface area contributed by atoms with Gasteiger partial charge in [0.1, 0.15) is 11.8 Å². The second-order valence-electron chi connectivity index (χ2n) is 13.8. The normalized spacial score (nSPS) is 25.0. The fourth-order valence-corrected chi connectivity index (χ4v) is 7.24. The van der Waals surface area contributed by atoms with Crippen LogP contribution in [0.5, 0.6) is 5.75 Å². The highest BCUT2D eigenvalue weighted by molar-refractivity contribution is 7.92. The van der Waals surface area contributed by atoms with Crippen LogP contribution < -0.4 is 5.32 Å². The van der Waals surface area contributed by atoms with Gasteiger partial charge in [-0.1, -0.05) is 20.8 Å². The minimum atomic E-state index is -3.38. The SMILES string of the molecule is CC(C)N(C)[C@@H]1CC[C@H](N2CC[C@H](NC(=O)c3ccc(O)c(C(C)(C)C)c3)C2=O)[C@H](CS(=O)(=O)C(C)(C)C)C1. The van der Waals surface area contributed by atoms with Gasteiger partial charge in [0.25, 0.3) is 5.91 Å². The van der Waals surface area contributed by atoms with Gasteiger partial charge in [-0.3, -0.25) is 9.59 Å². The van der Waals surface area contributed by atoms with E-state index in [4.69, 9.17) is 0 Å². The number of hydrogen-bond acceptors (Lipinski definition) is 6. The fraction of sp³-hybridized carbons (Fsp3) is 0.733. The molecule has 220 valence electrons. The molecule has 1 aromatic rings. The Hall–Kier alpha value is -2.13. The van der Waals surface area contributed by atoms with Crippen molar-refractivity contribution in [3.63, 3.8) is 0 Å². The Morgan fingerprint density at radius 1 is 1.13 bits per heavy atom. The Morgan fingerprint density at radius 2 is 1.77 bits per heavy atom. The Kier molecular flexibility index (Phi) is 9.17. The topological polar surface area (TPSA) is 107 Å². The zero-order valence-corrected chi connectivity index (χ0v) is 26.1. The van der Waals surface area contributed by atoms with Gasteiger partial charge in [0.15, 0.2) is 9.84 Å². The van der Waals surface area contributed by atoms with Crippen LogP contribution in [0.1, 0.15) is 97.0 Å². The van der Waals surface area contributed by atoms with Gasteiger partial charge in [0.2, 0.25) is 5.91 Å². The van der Waals surface area contributed by atoms with E-state index in [-0.39, 0.29) is 46.7 Å². The van der Waals surface area contributed by atoms with Crippen LogP contribution in [0.2, 0.25) is 0 Å². The second kappa shape index (κ2) is 11.4. The van der Waals surface area contributed by atoms with E-state index in [9.17, 15) is 23.1 Å². The van der Waals surface area contributed by atoms with Gasteiger partial charge in [0, 0.05) is 35.8 Å². The highest BCUT2D eigenvalue weighted by Gasteiger charge is 2.45. The number of carbonyl (C=O) groups is 2. The number of aromatic hydroxyl groups is 1. The van der Waals surface area contributed by atoms with Gasteiger partial charge < -0.3 is 20.2 Å². The first-order valence-corrected chi connectivity index (χ1v) is 15.9. The molecule has 0 unspecified atom stereocenters. The molecular weight excluding hydrogens is 514 g/mol. The molecule has 2 aliphatic rings. The number of nitrogens with one attached hydrogen (secondary N) is 1. The first-order valence-electron chi connectivity index (χ1n) is 14.2. The number of amides is 2. The van der Waals surface area contributed by atoms with Crippen molar-refractivity contribution >= 4 is 21.7 Å². The molecule has 4 atom stereocenters. The van der Waals surface area contributed by atoms with Crippen molar-refractivity contribution in [2.75, 3.05) is 19.3 Å². The summed E-state index contributed by atoms with van der Waals surface area (Å²) in [5, 5.41) is 13.2. The summed E-state index contributed by atoms with van der Waals surface area (Å²) in [7, 11) is -1.29. The van der Waals surface area contributed by atoms with Crippen LogP contribution in [-0.2, 0) is 20.0 Å². The molecule has 1 saturated heterocycles. The van der Waals surface area contributed by atoms with E-state index in [0.717, 1.165) is 19.3 Å². The van der Waals surface area contributed by atoms with Crippen molar-refractivity contribution in [1.29, 1.82) is 0 Å². The van der Waals surface area contributed by atoms with Gasteiger partial charge in [-0.25, -0.2) is 8.42 Å². The third-order valence-electron chi connectivity index (χ3n) is 8.68. The number of hydrogen-bond donors (Lipinski definition) is 2. The minimum absolute atomic E-state index is 0.0491. The van der Waals surface area contributed by atoms with Crippen molar-refractivity contribution in [2.45, 2.75) is 115 Å². The Balaban J connectivity index is 1.79. The molecule has 1 aromatic carbocycles. The molecule has 0 bridgehead atoms. The van der Waals surface area contributed by atoms with E-state index in [2.05, 4.69) is 31.1 Å². The summed E-state index contributed by atoms with van der Waals surface area (Å²) in [5.41, 5.74) is 0.724. The van der Waals surface area contributed by atoms with Crippen LogP contribution in [0.4, 0.5) is 0 Å². The maximum absolute atomic E-state index is 13.6. The number of sulfone groups is 1. The molecule has 9 heteroatoms. The van der Waals surface area contributed by atoms with Gasteiger partial charge in [0.05, 0.1) is 10.5 Å². The van der Waals surface area contributed by atoms with E-state index in [0.29, 0.717) is 30.1 Å². The third-order valence-corrected chi connectivity index (χ3v) is 11.4. The van der Waals surface area contributed by atoms with E-state index < -0.39 is 20.6 Å². The van der Waals surface area contributed by atoms with Gasteiger partial charge in [-0.2, -0.15) is 0 Å². The lowest BCUT2D eigenvalue weighted by Crippen LogP contribution is -2.53. The molecular formula is C30H49N3O5S. The molecule has 8 nitrogen and oxygen atoms in total. The number of rotatable bonds is 7. The quantitative estimate of drug-likeness (QED) is 0.517. The van der Waals surface area contributed by atoms with Crippen molar-refractivity contribution < 1.29 is 23.1 Å². The highest BCUT2D eigenvalue weighted by Crippen LogP contribution is 2.36. The van der Waals surface area contributed by atoms with Crippen LogP contribution in [0.15, 0.2) is 18.2 Å². The largest absolute Gasteiger partial charge is 0.508 e. The molecule has 0 aromatic heterocycles. The summed E-state index contributed by atoms with van der Waals surface area (Å²) in [6, 6.07) is 4.55. The van der Waals surface area contributed by atoms with Gasteiger partial charge in [-0.05, 0) is 96.9 Å². The van der Waals surface area contributed by atoms with E-state index >= 15 is 0 Å². The zero-order valence-electron chi connectivity index (χ0n) is 25.2. The molecule has 1 aliphatic carbocycles. The van der Waals surface area contributed by atoms with Gasteiger partial charge >= 0.3 is 0 Å². The third kappa shape index (κ3) is 6.96. The monoisotopic (exact) mass is 563 g/mol. The average molecular weight is 564 g/mol. The predicted molar refractivity (Wildman–Crippen MR) is 156 cm³/mol. The summed E-state index contributed by atoms with van der Waals surface area (Å²) in [4.78, 5) is 30.9. The Morgan fingerprint density at radius 3 is 2.33 bits per heavy atom. The molecule has 0 radical (unpaired) electrons. The summed E-state index contributed by atoms with van der Waals surface area (Å²) >= 11 is 0.